The van der Waals surface area contributed by atoms with Crippen molar-refractivity contribution in [2.45, 2.75) is 18.9 Å². The van der Waals surface area contributed by atoms with E-state index in [9.17, 15) is 9.59 Å². The van der Waals surface area contributed by atoms with Gasteiger partial charge >= 0.3 is 12.0 Å². The van der Waals surface area contributed by atoms with Gasteiger partial charge in [-0.15, -0.1) is 0 Å². The van der Waals surface area contributed by atoms with Gasteiger partial charge in [0.2, 0.25) is 0 Å². The van der Waals surface area contributed by atoms with Gasteiger partial charge in [0.05, 0.1) is 16.3 Å². The van der Waals surface area contributed by atoms with E-state index in [1.807, 2.05) is 0 Å². The molecule has 0 aliphatic carbocycles. The van der Waals surface area contributed by atoms with Crippen molar-refractivity contribution < 1.29 is 14.7 Å². The topological polar surface area (TPSA) is 90.5 Å². The van der Waals surface area contributed by atoms with Crippen LogP contribution in [-0.4, -0.2) is 36.2 Å². The summed E-state index contributed by atoms with van der Waals surface area (Å²) in [6, 6.07) is 2.21. The molecule has 0 aromatic heterocycles. The number of carbonyl (C=O) groups excluding carboxylic acids is 1. The monoisotopic (exact) mass is 331 g/mol. The number of aromatic carboxylic acids is 1. The van der Waals surface area contributed by atoms with Crippen molar-refractivity contribution >= 4 is 40.9 Å². The molecule has 0 bridgehead atoms. The van der Waals surface area contributed by atoms with Crippen LogP contribution >= 0.6 is 23.2 Å². The molecular weight excluding hydrogens is 317 g/mol. The molecule has 114 valence electrons. The van der Waals surface area contributed by atoms with Gasteiger partial charge < -0.3 is 21.1 Å². The SMILES string of the molecule is O=C(Nc1c(Cl)cc(Cl)cc1C(=O)O)NC1CCNCC1. The lowest BCUT2D eigenvalue weighted by molar-refractivity contribution is 0.0698. The molecule has 0 radical (unpaired) electrons. The van der Waals surface area contributed by atoms with E-state index in [2.05, 4.69) is 16.0 Å². The highest BCUT2D eigenvalue weighted by atomic mass is 35.5. The standard InChI is InChI=1S/C13H15Cl2N3O3/c14-7-5-9(12(19)20)11(10(15)6-7)18-13(21)17-8-1-3-16-4-2-8/h5-6,8,16H,1-4H2,(H,19,20)(H2,17,18,21). The van der Waals surface area contributed by atoms with Crippen LogP contribution in [0.15, 0.2) is 12.1 Å². The van der Waals surface area contributed by atoms with E-state index in [4.69, 9.17) is 28.3 Å². The van der Waals surface area contributed by atoms with Gasteiger partial charge in [0, 0.05) is 11.1 Å². The molecule has 21 heavy (non-hydrogen) atoms. The van der Waals surface area contributed by atoms with E-state index in [0.29, 0.717) is 0 Å². The fraction of sp³-hybridized carbons (Fsp3) is 0.385. The first-order valence-electron chi connectivity index (χ1n) is 6.48. The van der Waals surface area contributed by atoms with Gasteiger partial charge in [0.15, 0.2) is 0 Å². The van der Waals surface area contributed by atoms with E-state index in [-0.39, 0.29) is 27.3 Å². The Labute approximate surface area is 131 Å². The van der Waals surface area contributed by atoms with Crippen LogP contribution in [0.25, 0.3) is 0 Å². The van der Waals surface area contributed by atoms with Crippen LogP contribution in [0, 0.1) is 0 Å². The number of hydrogen-bond acceptors (Lipinski definition) is 3. The third-order valence-electron chi connectivity index (χ3n) is 3.20. The van der Waals surface area contributed by atoms with Crippen LogP contribution in [0.5, 0.6) is 0 Å². The second kappa shape index (κ2) is 6.98. The highest BCUT2D eigenvalue weighted by Gasteiger charge is 2.19. The van der Waals surface area contributed by atoms with Crippen LogP contribution in [0.3, 0.4) is 0 Å². The molecule has 0 spiro atoms. The normalized spacial score (nSPS) is 15.5. The predicted molar refractivity (Wildman–Crippen MR) is 81.5 cm³/mol. The molecule has 1 aliphatic heterocycles. The van der Waals surface area contributed by atoms with Crippen molar-refractivity contribution in [1.29, 1.82) is 0 Å². The van der Waals surface area contributed by atoms with Gasteiger partial charge in [-0.25, -0.2) is 9.59 Å². The van der Waals surface area contributed by atoms with Crippen LogP contribution in [-0.2, 0) is 0 Å². The lowest BCUT2D eigenvalue weighted by Crippen LogP contribution is -2.44. The van der Waals surface area contributed by atoms with E-state index < -0.39 is 12.0 Å². The zero-order valence-electron chi connectivity index (χ0n) is 11.1. The first kappa shape index (κ1) is 15.9. The van der Waals surface area contributed by atoms with Gasteiger partial charge in [-0.05, 0) is 38.1 Å². The van der Waals surface area contributed by atoms with Crippen LogP contribution in [0.4, 0.5) is 10.5 Å². The van der Waals surface area contributed by atoms with Gasteiger partial charge in [-0.2, -0.15) is 0 Å². The number of carbonyl (C=O) groups is 2. The third-order valence-corrected chi connectivity index (χ3v) is 3.71. The molecule has 0 atom stereocenters. The van der Waals surface area contributed by atoms with Crippen molar-refractivity contribution in [2.75, 3.05) is 18.4 Å². The fourth-order valence-corrected chi connectivity index (χ4v) is 2.71. The molecule has 6 nitrogen and oxygen atoms in total. The Morgan fingerprint density at radius 1 is 1.24 bits per heavy atom. The zero-order valence-corrected chi connectivity index (χ0v) is 12.6. The number of nitrogens with one attached hydrogen (secondary N) is 3. The molecule has 4 N–H and O–H groups in total. The quantitative estimate of drug-likeness (QED) is 0.685. The van der Waals surface area contributed by atoms with Crippen molar-refractivity contribution in [1.82, 2.24) is 10.6 Å². The largest absolute Gasteiger partial charge is 0.478 e. The Hall–Kier alpha value is -1.50. The Morgan fingerprint density at radius 3 is 2.52 bits per heavy atom. The predicted octanol–water partition coefficient (Wildman–Crippen LogP) is 2.57. The minimum absolute atomic E-state index is 0.0417. The van der Waals surface area contributed by atoms with E-state index >= 15 is 0 Å². The van der Waals surface area contributed by atoms with Gasteiger partial charge in [-0.1, -0.05) is 23.2 Å². The molecule has 1 saturated heterocycles. The minimum atomic E-state index is -1.21. The second-order valence-electron chi connectivity index (χ2n) is 4.74. The lowest BCUT2D eigenvalue weighted by atomic mass is 10.1. The van der Waals surface area contributed by atoms with Crippen LogP contribution in [0.1, 0.15) is 23.2 Å². The minimum Gasteiger partial charge on any atom is -0.478 e. The molecule has 1 heterocycles. The Morgan fingerprint density at radius 2 is 1.90 bits per heavy atom. The average molecular weight is 332 g/mol. The van der Waals surface area contributed by atoms with Gasteiger partial charge in [0.25, 0.3) is 0 Å². The molecule has 1 aromatic carbocycles. The molecule has 2 amide bonds. The molecule has 1 fully saturated rings. The fourth-order valence-electron chi connectivity index (χ4n) is 2.17. The second-order valence-corrected chi connectivity index (χ2v) is 5.58. The summed E-state index contributed by atoms with van der Waals surface area (Å²) in [6.07, 6.45) is 1.65. The number of piperidine rings is 1. The summed E-state index contributed by atoms with van der Waals surface area (Å²) in [5.74, 6) is -1.21. The molecule has 0 unspecified atom stereocenters. The molecule has 0 saturated carbocycles. The van der Waals surface area contributed by atoms with E-state index in [0.717, 1.165) is 25.9 Å². The Balaban J connectivity index is 2.11. The summed E-state index contributed by atoms with van der Waals surface area (Å²) < 4.78 is 0. The molecule has 1 aliphatic rings. The van der Waals surface area contributed by atoms with E-state index in [1.165, 1.54) is 12.1 Å². The summed E-state index contributed by atoms with van der Waals surface area (Å²) in [4.78, 5) is 23.2. The summed E-state index contributed by atoms with van der Waals surface area (Å²) in [6.45, 7) is 1.68. The zero-order chi connectivity index (χ0) is 15.4. The van der Waals surface area contributed by atoms with Crippen molar-refractivity contribution in [3.63, 3.8) is 0 Å². The Bertz CT molecular complexity index is 560. The number of anilines is 1. The van der Waals surface area contributed by atoms with Crippen LogP contribution < -0.4 is 16.0 Å². The van der Waals surface area contributed by atoms with Gasteiger partial charge in [0.1, 0.15) is 0 Å². The lowest BCUT2D eigenvalue weighted by Gasteiger charge is -2.24. The molecule has 1 aromatic rings. The summed E-state index contributed by atoms with van der Waals surface area (Å²) in [5, 5.41) is 17.9. The van der Waals surface area contributed by atoms with Crippen molar-refractivity contribution in [3.8, 4) is 0 Å². The number of carboxylic acids is 1. The number of benzene rings is 1. The van der Waals surface area contributed by atoms with Crippen LogP contribution in [0.2, 0.25) is 10.0 Å². The number of urea groups is 1. The van der Waals surface area contributed by atoms with Gasteiger partial charge in [-0.3, -0.25) is 0 Å². The molecular formula is C13H15Cl2N3O3. The maximum absolute atomic E-state index is 12.0. The number of hydrogen-bond donors (Lipinski definition) is 4. The maximum Gasteiger partial charge on any atom is 0.337 e. The molecule has 2 rings (SSSR count). The smallest absolute Gasteiger partial charge is 0.337 e. The average Bonchev–Trinajstić information content (AvgIpc) is 2.42. The first-order chi connectivity index (χ1) is 9.97. The first-order valence-corrected chi connectivity index (χ1v) is 7.23. The maximum atomic E-state index is 12.0. The Kier molecular flexibility index (Phi) is 5.27. The number of carboxylic acid groups (broad SMARTS) is 1. The highest BCUT2D eigenvalue weighted by molar-refractivity contribution is 6.37. The van der Waals surface area contributed by atoms with E-state index in [1.54, 1.807) is 0 Å². The summed E-state index contributed by atoms with van der Waals surface area (Å²) in [7, 11) is 0. The van der Waals surface area contributed by atoms with Crippen molar-refractivity contribution in [2.24, 2.45) is 0 Å². The van der Waals surface area contributed by atoms with Crippen molar-refractivity contribution in [3.05, 3.63) is 27.7 Å². The summed E-state index contributed by atoms with van der Waals surface area (Å²) >= 11 is 11.7. The third kappa shape index (κ3) is 4.23. The highest BCUT2D eigenvalue weighted by Crippen LogP contribution is 2.30. The number of amides is 2. The summed E-state index contributed by atoms with van der Waals surface area (Å²) in [5.41, 5.74) is -0.104. The number of rotatable bonds is 3. The number of halogens is 2. The molecule has 8 heteroatoms.